The predicted octanol–water partition coefficient (Wildman–Crippen LogP) is 1.89. The van der Waals surface area contributed by atoms with Gasteiger partial charge in [0.25, 0.3) is 5.91 Å². The van der Waals surface area contributed by atoms with Crippen LogP contribution in [0.3, 0.4) is 0 Å². The van der Waals surface area contributed by atoms with Crippen LogP contribution in [0.4, 0.5) is 0 Å². The van der Waals surface area contributed by atoms with Gasteiger partial charge in [-0.1, -0.05) is 30.3 Å². The van der Waals surface area contributed by atoms with Gasteiger partial charge in [0.1, 0.15) is 16.6 Å². The highest BCUT2D eigenvalue weighted by atomic mass is 32.2. The number of sulfonamides is 1. The monoisotopic (exact) mass is 428 g/mol. The zero-order valence-electron chi connectivity index (χ0n) is 16.7. The molecular formula is C22H24N2O5S. The van der Waals surface area contributed by atoms with Crippen LogP contribution in [-0.4, -0.2) is 67.2 Å². The largest absolute Gasteiger partial charge is 0.497 e. The first-order valence-corrected chi connectivity index (χ1v) is 11.6. The van der Waals surface area contributed by atoms with E-state index in [1.54, 1.807) is 24.1 Å². The Morgan fingerprint density at radius 2 is 1.97 bits per heavy atom. The number of hydrogen-bond acceptors (Lipinski definition) is 5. The summed E-state index contributed by atoms with van der Waals surface area (Å²) in [6.45, 7) is 1.23. The van der Waals surface area contributed by atoms with Crippen LogP contribution in [0.25, 0.3) is 0 Å². The molecule has 0 N–H and O–H groups in total. The highest BCUT2D eigenvalue weighted by molar-refractivity contribution is 7.90. The minimum atomic E-state index is -3.53. The lowest BCUT2D eigenvalue weighted by Gasteiger charge is -2.39. The van der Waals surface area contributed by atoms with Crippen LogP contribution in [0.5, 0.6) is 5.75 Å². The average molecular weight is 429 g/mol. The standard InChI is InChI=1S/C22H24N2O5S/c1-28-18-9-5-6-16(10-18)12-24-15-22-14-23(21(25)17-7-3-2-4-8-17)13-19(29-22)11-20(22)30(24,26)27/h2-10,19-20H,11-15H2,1H3/t19-,20+,22+/m1/s1. The Balaban J connectivity index is 1.40. The Morgan fingerprint density at radius 3 is 2.73 bits per heavy atom. The van der Waals surface area contributed by atoms with E-state index >= 15 is 0 Å². The van der Waals surface area contributed by atoms with Crippen molar-refractivity contribution in [1.29, 1.82) is 0 Å². The average Bonchev–Trinajstić information content (AvgIpc) is 3.13. The molecule has 0 unspecified atom stereocenters. The Bertz CT molecular complexity index is 1070. The van der Waals surface area contributed by atoms with Gasteiger partial charge in [0.05, 0.1) is 19.8 Å². The molecule has 3 heterocycles. The van der Waals surface area contributed by atoms with Crippen molar-refractivity contribution in [2.75, 3.05) is 26.7 Å². The number of hydrogen-bond donors (Lipinski definition) is 0. The van der Waals surface area contributed by atoms with Crippen molar-refractivity contribution in [2.45, 2.75) is 29.9 Å². The second kappa shape index (κ2) is 7.08. The highest BCUT2D eigenvalue weighted by Gasteiger charge is 2.65. The number of methoxy groups -OCH3 is 1. The number of carbonyl (C=O) groups excluding carboxylic acids is 1. The second-order valence-corrected chi connectivity index (χ2v) is 10.4. The zero-order chi connectivity index (χ0) is 20.9. The third kappa shape index (κ3) is 3.10. The van der Waals surface area contributed by atoms with Gasteiger partial charge in [-0.3, -0.25) is 4.79 Å². The topological polar surface area (TPSA) is 76.2 Å². The number of amides is 1. The molecule has 3 atom stereocenters. The first kappa shape index (κ1) is 19.5. The molecule has 3 saturated heterocycles. The molecule has 0 saturated carbocycles. The van der Waals surface area contributed by atoms with Crippen molar-refractivity contribution in [3.05, 3.63) is 65.7 Å². The van der Waals surface area contributed by atoms with E-state index in [4.69, 9.17) is 9.47 Å². The molecule has 7 nitrogen and oxygen atoms in total. The molecule has 3 aliphatic rings. The van der Waals surface area contributed by atoms with E-state index in [0.717, 1.165) is 5.56 Å². The smallest absolute Gasteiger partial charge is 0.254 e. The lowest BCUT2D eigenvalue weighted by Crippen LogP contribution is -2.56. The first-order valence-electron chi connectivity index (χ1n) is 10.1. The molecule has 158 valence electrons. The molecule has 30 heavy (non-hydrogen) atoms. The van der Waals surface area contributed by atoms with Gasteiger partial charge in [-0.2, -0.15) is 4.31 Å². The van der Waals surface area contributed by atoms with Crippen LogP contribution in [-0.2, 0) is 21.3 Å². The van der Waals surface area contributed by atoms with E-state index < -0.39 is 20.9 Å². The van der Waals surface area contributed by atoms with Crippen molar-refractivity contribution in [1.82, 2.24) is 9.21 Å². The van der Waals surface area contributed by atoms with Crippen LogP contribution in [0.2, 0.25) is 0 Å². The number of rotatable bonds is 4. The van der Waals surface area contributed by atoms with Gasteiger partial charge in [0.15, 0.2) is 0 Å². The normalized spacial score (nSPS) is 29.6. The highest BCUT2D eigenvalue weighted by Crippen LogP contribution is 2.47. The van der Waals surface area contributed by atoms with E-state index in [1.807, 2.05) is 42.5 Å². The van der Waals surface area contributed by atoms with Gasteiger partial charge in [-0.05, 0) is 36.2 Å². The van der Waals surface area contributed by atoms with Crippen molar-refractivity contribution in [3.8, 4) is 5.75 Å². The quantitative estimate of drug-likeness (QED) is 0.744. The molecule has 3 fully saturated rings. The van der Waals surface area contributed by atoms with Crippen molar-refractivity contribution >= 4 is 15.9 Å². The SMILES string of the molecule is COc1cccc(CN2C[C@@]34CN(C(=O)c5ccccc5)C[C@@H](C[C@@H]3S2(=O)=O)O4)c1. The molecule has 2 aromatic rings. The van der Waals surface area contributed by atoms with E-state index in [2.05, 4.69) is 0 Å². The number of nitrogens with zero attached hydrogens (tertiary/aromatic N) is 2. The third-order valence-corrected chi connectivity index (χ3v) is 8.63. The number of morpholine rings is 1. The summed E-state index contributed by atoms with van der Waals surface area (Å²) in [6, 6.07) is 16.5. The number of benzene rings is 2. The molecule has 8 heteroatoms. The molecule has 0 aliphatic carbocycles. The summed E-state index contributed by atoms with van der Waals surface area (Å²) in [5.41, 5.74) is 0.602. The van der Waals surface area contributed by atoms with Crippen LogP contribution in [0.1, 0.15) is 22.3 Å². The number of ether oxygens (including phenoxy) is 2. The zero-order valence-corrected chi connectivity index (χ0v) is 17.5. The summed E-state index contributed by atoms with van der Waals surface area (Å²) in [5, 5.41) is -0.616. The van der Waals surface area contributed by atoms with Crippen LogP contribution < -0.4 is 4.74 Å². The summed E-state index contributed by atoms with van der Waals surface area (Å²) in [6.07, 6.45) is 0.181. The maximum absolute atomic E-state index is 13.3. The molecule has 2 aromatic carbocycles. The van der Waals surface area contributed by atoms with E-state index in [0.29, 0.717) is 24.3 Å². The fourth-order valence-corrected chi connectivity index (χ4v) is 7.28. The maximum Gasteiger partial charge on any atom is 0.254 e. The lowest BCUT2D eigenvalue weighted by molar-refractivity contribution is -0.0980. The van der Waals surface area contributed by atoms with Crippen LogP contribution in [0, 0.1) is 0 Å². The number of fused-ring (bicyclic) bond motifs is 1. The molecule has 0 radical (unpaired) electrons. The molecule has 1 amide bonds. The molecular weight excluding hydrogens is 404 g/mol. The number of likely N-dealkylation sites (tertiary alicyclic amines) is 1. The van der Waals surface area contributed by atoms with Gasteiger partial charge < -0.3 is 14.4 Å². The summed E-state index contributed by atoms with van der Waals surface area (Å²) in [4.78, 5) is 14.8. The molecule has 5 rings (SSSR count). The first-order chi connectivity index (χ1) is 14.4. The Morgan fingerprint density at radius 1 is 1.17 bits per heavy atom. The Hall–Kier alpha value is -2.42. The summed E-state index contributed by atoms with van der Waals surface area (Å²) < 4.78 is 39.6. The van der Waals surface area contributed by atoms with E-state index in [9.17, 15) is 13.2 Å². The Kier molecular flexibility index (Phi) is 4.61. The van der Waals surface area contributed by atoms with Crippen molar-refractivity contribution in [2.24, 2.45) is 0 Å². The van der Waals surface area contributed by atoms with E-state index in [-0.39, 0.29) is 31.6 Å². The lowest BCUT2D eigenvalue weighted by atomic mass is 9.99. The summed E-state index contributed by atoms with van der Waals surface area (Å²) >= 11 is 0. The minimum absolute atomic E-state index is 0.0763. The van der Waals surface area contributed by atoms with Crippen LogP contribution in [0.15, 0.2) is 54.6 Å². The van der Waals surface area contributed by atoms with Gasteiger partial charge in [-0.15, -0.1) is 0 Å². The second-order valence-electron chi connectivity index (χ2n) is 8.25. The van der Waals surface area contributed by atoms with Crippen molar-refractivity contribution in [3.63, 3.8) is 0 Å². The van der Waals surface area contributed by atoms with Gasteiger partial charge >= 0.3 is 0 Å². The van der Waals surface area contributed by atoms with Crippen LogP contribution >= 0.6 is 0 Å². The van der Waals surface area contributed by atoms with E-state index in [1.165, 1.54) is 4.31 Å². The van der Waals surface area contributed by atoms with Crippen molar-refractivity contribution < 1.29 is 22.7 Å². The van der Waals surface area contributed by atoms with Gasteiger partial charge in [0, 0.05) is 25.2 Å². The van der Waals surface area contributed by atoms with Gasteiger partial charge in [-0.25, -0.2) is 8.42 Å². The molecule has 1 spiro atoms. The summed E-state index contributed by atoms with van der Waals surface area (Å²) in [7, 11) is -1.94. The molecule has 3 aliphatic heterocycles. The summed E-state index contributed by atoms with van der Waals surface area (Å²) in [5.74, 6) is 0.614. The molecule has 2 bridgehead atoms. The maximum atomic E-state index is 13.3. The minimum Gasteiger partial charge on any atom is -0.497 e. The fourth-order valence-electron chi connectivity index (χ4n) is 4.98. The fraction of sp³-hybridized carbons (Fsp3) is 0.409. The Labute approximate surface area is 176 Å². The molecule has 0 aromatic heterocycles. The predicted molar refractivity (Wildman–Crippen MR) is 111 cm³/mol. The number of carbonyl (C=O) groups is 1. The van der Waals surface area contributed by atoms with Gasteiger partial charge in [0.2, 0.25) is 10.0 Å². The third-order valence-electron chi connectivity index (χ3n) is 6.31.